The highest BCUT2D eigenvalue weighted by Crippen LogP contribution is 2.19. The predicted molar refractivity (Wildman–Crippen MR) is 114 cm³/mol. The third-order valence-electron chi connectivity index (χ3n) is 4.48. The molecule has 0 fully saturated rings. The monoisotopic (exact) mass is 424 g/mol. The molecule has 3 N–H and O–H groups in total. The van der Waals surface area contributed by atoms with Gasteiger partial charge in [-0.25, -0.2) is 5.10 Å². The van der Waals surface area contributed by atoms with Gasteiger partial charge in [-0.15, -0.1) is 0 Å². The molecule has 0 atom stereocenters. The number of benzene rings is 1. The molecule has 4 rings (SSSR count). The molecule has 3 heterocycles. The maximum atomic E-state index is 12.0. The van der Waals surface area contributed by atoms with Gasteiger partial charge in [-0.1, -0.05) is 23.4 Å². The molecule has 154 valence electrons. The minimum Gasteiger partial charge on any atom is -0.368 e. The van der Waals surface area contributed by atoms with Gasteiger partial charge in [0.05, 0.1) is 5.39 Å². The summed E-state index contributed by atoms with van der Waals surface area (Å²) in [5, 5.41) is 21.8. The van der Waals surface area contributed by atoms with E-state index in [4.69, 9.17) is 4.52 Å². The lowest BCUT2D eigenvalue weighted by Crippen LogP contribution is -2.26. The SMILES string of the molecule is O=C(CCc1nc(-c2ccsc2)no1)NCCCNc1n[nH]c(=O)c2ccccc12. The van der Waals surface area contributed by atoms with Gasteiger partial charge >= 0.3 is 0 Å². The Hall–Kier alpha value is -3.53. The third kappa shape index (κ3) is 4.71. The van der Waals surface area contributed by atoms with Crippen LogP contribution in [0.15, 0.2) is 50.4 Å². The van der Waals surface area contributed by atoms with Crippen molar-refractivity contribution >= 4 is 33.8 Å². The number of hydrogen-bond donors (Lipinski definition) is 3. The molecule has 0 spiro atoms. The summed E-state index contributed by atoms with van der Waals surface area (Å²) in [7, 11) is 0. The van der Waals surface area contributed by atoms with Crippen LogP contribution in [0.3, 0.4) is 0 Å². The maximum absolute atomic E-state index is 12.0. The number of rotatable bonds is 9. The number of aromatic amines is 1. The summed E-state index contributed by atoms with van der Waals surface area (Å²) in [5.41, 5.74) is 0.698. The number of H-pyrrole nitrogens is 1. The zero-order valence-corrected chi connectivity index (χ0v) is 16.9. The Morgan fingerprint density at radius 2 is 2.03 bits per heavy atom. The van der Waals surface area contributed by atoms with Crippen LogP contribution in [0.25, 0.3) is 22.2 Å². The number of thiophene rings is 1. The summed E-state index contributed by atoms with van der Waals surface area (Å²) >= 11 is 1.56. The Labute approximate surface area is 175 Å². The van der Waals surface area contributed by atoms with E-state index in [2.05, 4.69) is 31.0 Å². The quantitative estimate of drug-likeness (QED) is 0.353. The number of aryl methyl sites for hydroxylation is 1. The van der Waals surface area contributed by atoms with Crippen molar-refractivity contribution in [2.24, 2.45) is 0 Å². The first-order valence-corrected chi connectivity index (χ1v) is 10.5. The van der Waals surface area contributed by atoms with E-state index in [1.54, 1.807) is 17.4 Å². The summed E-state index contributed by atoms with van der Waals surface area (Å²) in [6, 6.07) is 9.21. The lowest BCUT2D eigenvalue weighted by molar-refractivity contribution is -0.121. The molecule has 0 radical (unpaired) electrons. The summed E-state index contributed by atoms with van der Waals surface area (Å²) in [5.74, 6) is 1.54. The Morgan fingerprint density at radius 3 is 2.87 bits per heavy atom. The van der Waals surface area contributed by atoms with Gasteiger partial charge in [-0.3, -0.25) is 9.59 Å². The predicted octanol–water partition coefficient (Wildman–Crippen LogP) is 2.59. The number of hydrogen-bond acceptors (Lipinski definition) is 8. The van der Waals surface area contributed by atoms with E-state index < -0.39 is 0 Å². The molecule has 4 aromatic rings. The summed E-state index contributed by atoms with van der Waals surface area (Å²) in [6.07, 6.45) is 1.39. The second-order valence-electron chi connectivity index (χ2n) is 6.60. The van der Waals surface area contributed by atoms with E-state index in [-0.39, 0.29) is 17.9 Å². The third-order valence-corrected chi connectivity index (χ3v) is 5.16. The van der Waals surface area contributed by atoms with Gasteiger partial charge in [-0.05, 0) is 23.9 Å². The number of fused-ring (bicyclic) bond motifs is 1. The number of anilines is 1. The Bertz CT molecular complexity index is 1180. The molecule has 30 heavy (non-hydrogen) atoms. The number of amides is 1. The number of nitrogens with one attached hydrogen (secondary N) is 3. The summed E-state index contributed by atoms with van der Waals surface area (Å²) < 4.78 is 5.20. The lowest BCUT2D eigenvalue weighted by Gasteiger charge is -2.08. The molecule has 0 saturated carbocycles. The van der Waals surface area contributed by atoms with Crippen LogP contribution in [0.5, 0.6) is 0 Å². The molecule has 1 aromatic carbocycles. The Morgan fingerprint density at radius 1 is 1.17 bits per heavy atom. The molecular formula is C20H20N6O3S. The zero-order chi connectivity index (χ0) is 20.8. The fourth-order valence-electron chi connectivity index (χ4n) is 2.95. The largest absolute Gasteiger partial charge is 0.368 e. The van der Waals surface area contributed by atoms with Gasteiger partial charge in [0.25, 0.3) is 5.56 Å². The molecule has 0 aliphatic rings. The number of nitrogens with zero attached hydrogens (tertiary/aromatic N) is 3. The normalized spacial score (nSPS) is 10.9. The molecule has 10 heteroatoms. The average Bonchev–Trinajstić information content (AvgIpc) is 3.45. The summed E-state index contributed by atoms with van der Waals surface area (Å²) in [4.78, 5) is 28.1. The van der Waals surface area contributed by atoms with Crippen molar-refractivity contribution in [1.82, 2.24) is 25.7 Å². The Balaban J connectivity index is 1.18. The van der Waals surface area contributed by atoms with Crippen LogP contribution in [0.4, 0.5) is 5.82 Å². The van der Waals surface area contributed by atoms with E-state index in [0.717, 1.165) is 10.9 Å². The highest BCUT2D eigenvalue weighted by Gasteiger charge is 2.11. The maximum Gasteiger partial charge on any atom is 0.272 e. The Kier molecular flexibility index (Phi) is 6.14. The van der Waals surface area contributed by atoms with Crippen LogP contribution < -0.4 is 16.2 Å². The van der Waals surface area contributed by atoms with Gasteiger partial charge in [0.1, 0.15) is 0 Å². The molecule has 9 nitrogen and oxygen atoms in total. The second kappa shape index (κ2) is 9.31. The van der Waals surface area contributed by atoms with E-state index in [0.29, 0.717) is 48.9 Å². The van der Waals surface area contributed by atoms with Crippen molar-refractivity contribution in [3.05, 3.63) is 57.3 Å². The van der Waals surface area contributed by atoms with Crippen LogP contribution in [-0.2, 0) is 11.2 Å². The van der Waals surface area contributed by atoms with Crippen LogP contribution in [0, 0.1) is 0 Å². The molecule has 0 aliphatic carbocycles. The van der Waals surface area contributed by atoms with Crippen LogP contribution in [-0.4, -0.2) is 39.3 Å². The van der Waals surface area contributed by atoms with Gasteiger partial charge in [0.2, 0.25) is 17.6 Å². The number of aromatic nitrogens is 4. The van der Waals surface area contributed by atoms with Gasteiger partial charge in [0, 0.05) is 42.3 Å². The average molecular weight is 424 g/mol. The van der Waals surface area contributed by atoms with Crippen LogP contribution in [0.1, 0.15) is 18.7 Å². The van der Waals surface area contributed by atoms with Crippen molar-refractivity contribution in [3.8, 4) is 11.4 Å². The molecule has 0 saturated heterocycles. The van der Waals surface area contributed by atoms with Gasteiger partial charge in [-0.2, -0.15) is 21.4 Å². The molecular weight excluding hydrogens is 404 g/mol. The summed E-state index contributed by atoms with van der Waals surface area (Å²) in [6.45, 7) is 1.13. The molecule has 3 aromatic heterocycles. The fourth-order valence-corrected chi connectivity index (χ4v) is 3.58. The van der Waals surface area contributed by atoms with E-state index in [1.807, 2.05) is 35.0 Å². The number of carbonyl (C=O) groups excluding carboxylic acids is 1. The van der Waals surface area contributed by atoms with Gasteiger partial charge in [0.15, 0.2) is 5.82 Å². The highest BCUT2D eigenvalue weighted by molar-refractivity contribution is 7.08. The topological polar surface area (TPSA) is 126 Å². The van der Waals surface area contributed by atoms with E-state index in [9.17, 15) is 9.59 Å². The minimum absolute atomic E-state index is 0.0714. The van der Waals surface area contributed by atoms with Crippen molar-refractivity contribution < 1.29 is 9.32 Å². The van der Waals surface area contributed by atoms with E-state index >= 15 is 0 Å². The van der Waals surface area contributed by atoms with Crippen molar-refractivity contribution in [2.75, 3.05) is 18.4 Å². The molecule has 0 bridgehead atoms. The van der Waals surface area contributed by atoms with Crippen LogP contribution in [0.2, 0.25) is 0 Å². The van der Waals surface area contributed by atoms with Crippen molar-refractivity contribution in [2.45, 2.75) is 19.3 Å². The zero-order valence-electron chi connectivity index (χ0n) is 16.1. The second-order valence-corrected chi connectivity index (χ2v) is 7.38. The smallest absolute Gasteiger partial charge is 0.272 e. The van der Waals surface area contributed by atoms with Crippen LogP contribution >= 0.6 is 11.3 Å². The van der Waals surface area contributed by atoms with Crippen molar-refractivity contribution in [1.29, 1.82) is 0 Å². The first-order valence-electron chi connectivity index (χ1n) is 9.54. The first-order chi connectivity index (χ1) is 14.7. The lowest BCUT2D eigenvalue weighted by atomic mass is 10.2. The van der Waals surface area contributed by atoms with Gasteiger partial charge < -0.3 is 15.2 Å². The standard InChI is InChI=1S/C20H20N6O3S/c27-16(6-7-17-23-18(26-29-17)13-8-11-30-12-13)21-9-3-10-22-19-14-4-1-2-5-15(14)20(28)25-24-19/h1-2,4-5,8,11-12H,3,6-7,9-10H2,(H,21,27)(H,22,24)(H,25,28). The fraction of sp³-hybridized carbons (Fsp3) is 0.250. The minimum atomic E-state index is -0.216. The molecule has 0 unspecified atom stereocenters. The number of carbonyl (C=O) groups is 1. The highest BCUT2D eigenvalue weighted by atomic mass is 32.1. The molecule has 0 aliphatic heterocycles. The van der Waals surface area contributed by atoms with Crippen molar-refractivity contribution in [3.63, 3.8) is 0 Å². The molecule has 1 amide bonds. The first kappa shape index (κ1) is 19.8. The van der Waals surface area contributed by atoms with E-state index in [1.165, 1.54) is 0 Å².